The van der Waals surface area contributed by atoms with Crippen LogP contribution in [0.5, 0.6) is 0 Å². The zero-order chi connectivity index (χ0) is 27.6. The second-order valence-electron chi connectivity index (χ2n) is 11.3. The first-order valence-corrected chi connectivity index (χ1v) is 14.2. The smallest absolute Gasteiger partial charge is 0.320 e. The van der Waals surface area contributed by atoms with E-state index in [0.29, 0.717) is 64.3 Å². The van der Waals surface area contributed by atoms with Gasteiger partial charge in [-0.25, -0.2) is 9.78 Å². The summed E-state index contributed by atoms with van der Waals surface area (Å²) in [5.74, 6) is 0. The van der Waals surface area contributed by atoms with Crippen LogP contribution in [0.15, 0.2) is 77.9 Å². The van der Waals surface area contributed by atoms with Crippen molar-refractivity contribution in [3.8, 4) is 11.3 Å². The maximum absolute atomic E-state index is 14.0. The van der Waals surface area contributed by atoms with Gasteiger partial charge in [-0.15, -0.1) is 0 Å². The number of hydrogen-bond donors (Lipinski definition) is 2. The molecule has 1 aromatic heterocycles. The summed E-state index contributed by atoms with van der Waals surface area (Å²) in [4.78, 5) is 35.6. The number of benzene rings is 2. The number of hydrogen-bond acceptors (Lipinski definition) is 6. The fraction of sp³-hybridized carbons (Fsp3) is 0.452. The van der Waals surface area contributed by atoms with Gasteiger partial charge in [-0.3, -0.25) is 9.36 Å². The molecule has 3 aliphatic rings. The molecule has 1 spiro atoms. The molecule has 3 aromatic rings. The number of aromatic nitrogens is 2. The molecule has 4 heterocycles. The first kappa shape index (κ1) is 26.7. The van der Waals surface area contributed by atoms with E-state index >= 15 is 0 Å². The van der Waals surface area contributed by atoms with Crippen LogP contribution < -0.4 is 10.9 Å². The number of piperidine rings is 1. The van der Waals surface area contributed by atoms with Gasteiger partial charge in [-0.1, -0.05) is 60.7 Å². The Morgan fingerprint density at radius 2 is 1.75 bits per heavy atom. The molecule has 0 saturated carbocycles. The lowest BCUT2D eigenvalue weighted by Crippen LogP contribution is -2.66. The first-order chi connectivity index (χ1) is 19.5. The van der Waals surface area contributed by atoms with E-state index in [-0.39, 0.29) is 24.2 Å². The van der Waals surface area contributed by atoms with Crippen molar-refractivity contribution in [2.75, 3.05) is 45.9 Å². The summed E-state index contributed by atoms with van der Waals surface area (Å²) >= 11 is 0. The van der Waals surface area contributed by atoms with Crippen molar-refractivity contribution in [1.82, 2.24) is 24.7 Å². The Kier molecular flexibility index (Phi) is 7.44. The molecule has 210 valence electrons. The summed E-state index contributed by atoms with van der Waals surface area (Å²) in [6, 6.07) is 21.2. The third-order valence-corrected chi connectivity index (χ3v) is 9.05. The third-order valence-electron chi connectivity index (χ3n) is 9.05. The number of carbonyl (C=O) groups excluding carboxylic acids is 1. The fourth-order valence-corrected chi connectivity index (χ4v) is 6.65. The van der Waals surface area contributed by atoms with E-state index in [9.17, 15) is 14.7 Å². The van der Waals surface area contributed by atoms with Crippen LogP contribution in [0.4, 0.5) is 4.79 Å². The highest BCUT2D eigenvalue weighted by atomic mass is 16.5. The molecule has 0 radical (unpaired) electrons. The Labute approximate surface area is 234 Å². The molecule has 2 atom stereocenters. The minimum Gasteiger partial charge on any atom is -0.387 e. The minimum absolute atomic E-state index is 0.00863. The topological polar surface area (TPSA) is 99.9 Å². The molecule has 3 saturated heterocycles. The van der Waals surface area contributed by atoms with E-state index in [1.165, 1.54) is 10.6 Å². The van der Waals surface area contributed by atoms with Crippen molar-refractivity contribution in [3.63, 3.8) is 0 Å². The van der Waals surface area contributed by atoms with Crippen LogP contribution in [-0.4, -0.2) is 82.0 Å². The summed E-state index contributed by atoms with van der Waals surface area (Å²) in [7, 11) is 0. The van der Waals surface area contributed by atoms with Gasteiger partial charge in [0.15, 0.2) is 0 Å². The number of piperazine rings is 1. The number of likely N-dealkylation sites (tertiary alicyclic amines) is 1. The molecule has 9 nitrogen and oxygen atoms in total. The normalized spacial score (nSPS) is 24.7. The Balaban J connectivity index is 1.24. The maximum Gasteiger partial charge on any atom is 0.320 e. The number of rotatable bonds is 4. The molecular weight excluding hydrogens is 506 g/mol. The minimum atomic E-state index is -1.17. The van der Waals surface area contributed by atoms with Crippen molar-refractivity contribution in [1.29, 1.82) is 0 Å². The zero-order valence-corrected chi connectivity index (χ0v) is 22.7. The number of amides is 2. The van der Waals surface area contributed by atoms with Gasteiger partial charge in [-0.2, -0.15) is 0 Å². The summed E-state index contributed by atoms with van der Waals surface area (Å²) in [5.41, 5.74) is 0.652. The van der Waals surface area contributed by atoms with E-state index in [4.69, 9.17) is 4.74 Å². The number of nitrogens with one attached hydrogen (secondary N) is 1. The van der Waals surface area contributed by atoms with E-state index in [1.54, 1.807) is 6.33 Å². The Hall–Kier alpha value is -3.53. The number of ether oxygens (including phenoxy) is 1. The number of carbonyl (C=O) groups is 1. The average Bonchev–Trinajstić information content (AvgIpc) is 3.01. The highest BCUT2D eigenvalue weighted by molar-refractivity contribution is 5.75. The SMILES string of the molecule is O=C(N1CCC(O)(Cn2cnc(-c3ccccc3)cc2=O)C2(CCOCC2)C1)N1CCNCC1c1ccccc1. The van der Waals surface area contributed by atoms with Crippen molar-refractivity contribution in [2.45, 2.75) is 37.5 Å². The van der Waals surface area contributed by atoms with E-state index in [2.05, 4.69) is 22.4 Å². The number of urea groups is 1. The van der Waals surface area contributed by atoms with Crippen LogP contribution in [-0.2, 0) is 11.3 Å². The molecule has 0 aliphatic carbocycles. The second-order valence-corrected chi connectivity index (χ2v) is 11.3. The summed E-state index contributed by atoms with van der Waals surface area (Å²) in [6.07, 6.45) is 3.18. The van der Waals surface area contributed by atoms with Crippen LogP contribution >= 0.6 is 0 Å². The molecule has 2 aromatic carbocycles. The summed E-state index contributed by atoms with van der Waals surface area (Å²) in [6.45, 7) is 4.12. The summed E-state index contributed by atoms with van der Waals surface area (Å²) in [5, 5.41) is 15.7. The largest absolute Gasteiger partial charge is 0.387 e. The van der Waals surface area contributed by atoms with E-state index < -0.39 is 11.0 Å². The molecular formula is C31H37N5O4. The molecule has 2 unspecified atom stereocenters. The quantitative estimate of drug-likeness (QED) is 0.525. The lowest BCUT2D eigenvalue weighted by Gasteiger charge is -2.56. The van der Waals surface area contributed by atoms with Gasteiger partial charge in [-0.05, 0) is 24.8 Å². The van der Waals surface area contributed by atoms with Gasteiger partial charge in [0.2, 0.25) is 0 Å². The summed E-state index contributed by atoms with van der Waals surface area (Å²) < 4.78 is 7.22. The molecule has 3 fully saturated rings. The fourth-order valence-electron chi connectivity index (χ4n) is 6.65. The van der Waals surface area contributed by atoms with Crippen molar-refractivity contribution >= 4 is 6.03 Å². The van der Waals surface area contributed by atoms with E-state index in [0.717, 1.165) is 17.7 Å². The van der Waals surface area contributed by atoms with Gasteiger partial charge in [0.05, 0.1) is 30.2 Å². The molecule has 9 heteroatoms. The maximum atomic E-state index is 14.0. The van der Waals surface area contributed by atoms with Gasteiger partial charge >= 0.3 is 6.03 Å². The van der Waals surface area contributed by atoms with Crippen molar-refractivity contribution in [3.05, 3.63) is 89.0 Å². The lowest BCUT2D eigenvalue weighted by atomic mass is 9.63. The van der Waals surface area contributed by atoms with Crippen LogP contribution in [0, 0.1) is 5.41 Å². The highest BCUT2D eigenvalue weighted by Gasteiger charge is 2.55. The Bertz CT molecular complexity index is 1380. The Morgan fingerprint density at radius 1 is 1.02 bits per heavy atom. The van der Waals surface area contributed by atoms with Gasteiger partial charge in [0.25, 0.3) is 5.56 Å². The second kappa shape index (κ2) is 11.2. The Morgan fingerprint density at radius 3 is 2.48 bits per heavy atom. The number of nitrogens with zero attached hydrogens (tertiary/aromatic N) is 4. The lowest BCUT2D eigenvalue weighted by molar-refractivity contribution is -0.174. The molecule has 2 N–H and O–H groups in total. The van der Waals surface area contributed by atoms with E-state index in [1.807, 2.05) is 58.3 Å². The van der Waals surface area contributed by atoms with Gasteiger partial charge in [0.1, 0.15) is 0 Å². The standard InChI is InChI=1S/C31H37N5O4/c37-28-19-26(24-7-3-1-4-8-24)33-23-35(28)22-31(39)11-15-34(21-30(31)12-17-40-18-13-30)29(38)36-16-14-32-20-27(36)25-9-5-2-6-10-25/h1-10,19,23,27,32,39H,11-18,20-22H2. The van der Waals surface area contributed by atoms with Crippen LogP contribution in [0.1, 0.15) is 30.9 Å². The number of aliphatic hydroxyl groups is 1. The van der Waals surface area contributed by atoms with Crippen LogP contribution in [0.2, 0.25) is 0 Å². The van der Waals surface area contributed by atoms with Crippen molar-refractivity contribution < 1.29 is 14.6 Å². The molecule has 6 rings (SSSR count). The van der Waals surface area contributed by atoms with Gasteiger partial charge in [0, 0.05) is 63.0 Å². The predicted molar refractivity (Wildman–Crippen MR) is 152 cm³/mol. The molecule has 40 heavy (non-hydrogen) atoms. The first-order valence-electron chi connectivity index (χ1n) is 14.2. The molecule has 0 bridgehead atoms. The molecule has 2 amide bonds. The van der Waals surface area contributed by atoms with Crippen molar-refractivity contribution in [2.24, 2.45) is 5.41 Å². The highest BCUT2D eigenvalue weighted by Crippen LogP contribution is 2.47. The van der Waals surface area contributed by atoms with Crippen LogP contribution in [0.3, 0.4) is 0 Å². The van der Waals surface area contributed by atoms with Crippen LogP contribution in [0.25, 0.3) is 11.3 Å². The third kappa shape index (κ3) is 5.05. The monoisotopic (exact) mass is 543 g/mol. The zero-order valence-electron chi connectivity index (χ0n) is 22.7. The van der Waals surface area contributed by atoms with Gasteiger partial charge < -0.3 is 25.0 Å². The predicted octanol–water partition coefficient (Wildman–Crippen LogP) is 2.91. The average molecular weight is 544 g/mol. The molecule has 3 aliphatic heterocycles.